The summed E-state index contributed by atoms with van der Waals surface area (Å²) in [7, 11) is 0. The van der Waals surface area contributed by atoms with Crippen molar-refractivity contribution >= 4 is 29.5 Å². The maximum atomic E-state index is 14.0. The van der Waals surface area contributed by atoms with Gasteiger partial charge in [-0.25, -0.2) is 9.59 Å². The molecule has 1 spiro atoms. The Bertz CT molecular complexity index is 1660. The Kier molecular flexibility index (Phi) is 9.46. The van der Waals surface area contributed by atoms with Crippen LogP contribution in [0.15, 0.2) is 36.4 Å². The normalized spacial score (nSPS) is 25.3. The Morgan fingerprint density at radius 2 is 1.50 bits per heavy atom. The van der Waals surface area contributed by atoms with Gasteiger partial charge in [-0.15, -0.1) is 0 Å². The van der Waals surface area contributed by atoms with Crippen LogP contribution in [-0.4, -0.2) is 96.3 Å². The quantitative estimate of drug-likeness (QED) is 0.278. The summed E-state index contributed by atoms with van der Waals surface area (Å²) in [5.74, 6) is -0.716. The number of alkyl halides is 6. The van der Waals surface area contributed by atoms with Crippen LogP contribution < -0.4 is 16.4 Å². The lowest BCUT2D eigenvalue weighted by Gasteiger charge is -2.44. The van der Waals surface area contributed by atoms with Crippen molar-refractivity contribution in [3.63, 3.8) is 0 Å². The molecule has 17 heteroatoms. The summed E-state index contributed by atoms with van der Waals surface area (Å²) in [5.41, 5.74) is 0.252. The summed E-state index contributed by atoms with van der Waals surface area (Å²) in [6, 6.07) is 9.28. The molecular weight excluding hydrogens is 698 g/mol. The van der Waals surface area contributed by atoms with Gasteiger partial charge in [0.2, 0.25) is 0 Å². The highest BCUT2D eigenvalue weighted by Crippen LogP contribution is 2.44. The van der Waals surface area contributed by atoms with E-state index in [1.807, 2.05) is 6.07 Å². The minimum atomic E-state index is -5.22. The maximum Gasteiger partial charge on any atom is 0.418 e. The van der Waals surface area contributed by atoms with Crippen molar-refractivity contribution in [3.05, 3.63) is 58.7 Å². The number of hydrogen-bond acceptors (Lipinski definition) is 8. The second-order valence-electron chi connectivity index (χ2n) is 14.3. The van der Waals surface area contributed by atoms with E-state index in [9.17, 15) is 40.7 Å². The van der Waals surface area contributed by atoms with Gasteiger partial charge in [-0.1, -0.05) is 18.2 Å². The molecule has 282 valence electrons. The lowest BCUT2D eigenvalue weighted by atomic mass is 9.82. The van der Waals surface area contributed by atoms with Gasteiger partial charge >= 0.3 is 24.5 Å². The number of piperazine rings is 1. The number of halogens is 6. The van der Waals surface area contributed by atoms with Crippen molar-refractivity contribution in [3.8, 4) is 0 Å². The average molecular weight is 739 g/mol. The van der Waals surface area contributed by atoms with Crippen LogP contribution in [0.25, 0.3) is 0 Å². The SMILES string of the molecule is Nc1c(C(F)(F)F)cc(C[C@@H](OC(=O)N2CCC3(CC2)OC(=O)Nc2ccccc23)C(=O)N2CCN(C3CC4CCC(C3)N4)CC2)cc1C(F)(F)F. The van der Waals surface area contributed by atoms with Crippen molar-refractivity contribution in [1.29, 1.82) is 0 Å². The largest absolute Gasteiger partial charge is 0.438 e. The Balaban J connectivity index is 1.10. The molecule has 3 atom stereocenters. The van der Waals surface area contributed by atoms with Gasteiger partial charge in [0, 0.05) is 82.2 Å². The highest BCUT2D eigenvalue weighted by molar-refractivity contribution is 5.89. The summed E-state index contributed by atoms with van der Waals surface area (Å²) in [6.07, 6.45) is -9.93. The molecule has 5 aliphatic heterocycles. The molecule has 0 aliphatic carbocycles. The number of amides is 3. The Morgan fingerprint density at radius 3 is 2.10 bits per heavy atom. The lowest BCUT2D eigenvalue weighted by molar-refractivity contribution is -0.143. The van der Waals surface area contributed by atoms with Gasteiger partial charge in [-0.3, -0.25) is 15.0 Å². The zero-order chi connectivity index (χ0) is 37.0. The molecule has 0 aromatic heterocycles. The molecule has 52 heavy (non-hydrogen) atoms. The van der Waals surface area contributed by atoms with E-state index in [2.05, 4.69) is 15.5 Å². The number of likely N-dealkylation sites (tertiary alicyclic amines) is 1. The number of fused-ring (bicyclic) bond motifs is 4. The topological polar surface area (TPSA) is 129 Å². The van der Waals surface area contributed by atoms with Gasteiger partial charge in [-0.2, -0.15) is 26.3 Å². The predicted octanol–water partition coefficient (Wildman–Crippen LogP) is 5.33. The average Bonchev–Trinajstić information content (AvgIpc) is 3.44. The number of nitrogens with zero attached hydrogens (tertiary/aromatic N) is 3. The van der Waals surface area contributed by atoms with Gasteiger partial charge in [0.1, 0.15) is 5.60 Å². The fourth-order valence-corrected chi connectivity index (χ4v) is 8.51. The van der Waals surface area contributed by atoms with Crippen LogP contribution in [0.2, 0.25) is 0 Å². The standard InChI is InChI=1S/C35H40F6N6O5/c36-34(37,38)25-15-20(16-26(29(25)42)35(39,40)41)17-28(30(48)46-13-11-45(12-14-46)23-18-21-5-6-22(19-23)43-21)51-32(50)47-9-7-33(8-10-47)24-3-1-2-4-27(24)44-31(49)52-33/h1-4,15-16,21-23,28,43H,5-14,17-19,42H2,(H,44,49)/t21?,22?,23?,28-/m1/s1. The van der Waals surface area contributed by atoms with E-state index >= 15 is 0 Å². The summed E-state index contributed by atoms with van der Waals surface area (Å²) >= 11 is 0. The molecule has 2 aromatic carbocycles. The molecule has 0 radical (unpaired) electrons. The first-order chi connectivity index (χ1) is 24.6. The van der Waals surface area contributed by atoms with Gasteiger partial charge in [0.15, 0.2) is 6.10 Å². The van der Waals surface area contributed by atoms with Gasteiger partial charge in [-0.05, 0) is 49.4 Å². The number of nitrogens with one attached hydrogen (secondary N) is 2. The van der Waals surface area contributed by atoms with Crippen molar-refractivity contribution in [2.75, 3.05) is 50.3 Å². The van der Waals surface area contributed by atoms with E-state index in [0.29, 0.717) is 49.0 Å². The van der Waals surface area contributed by atoms with E-state index in [4.69, 9.17) is 15.2 Å². The van der Waals surface area contributed by atoms with Crippen LogP contribution in [0.3, 0.4) is 0 Å². The zero-order valence-electron chi connectivity index (χ0n) is 28.2. The van der Waals surface area contributed by atoms with Crippen LogP contribution in [-0.2, 0) is 38.6 Å². The molecule has 7 rings (SSSR count). The fraction of sp³-hybridized carbons (Fsp3) is 0.571. The second-order valence-corrected chi connectivity index (χ2v) is 14.3. The molecule has 4 saturated heterocycles. The summed E-state index contributed by atoms with van der Waals surface area (Å²) in [5, 5.41) is 6.26. The molecule has 11 nitrogen and oxygen atoms in total. The van der Waals surface area contributed by atoms with Crippen molar-refractivity contribution in [1.82, 2.24) is 20.0 Å². The number of anilines is 2. The summed E-state index contributed by atoms with van der Waals surface area (Å²) in [4.78, 5) is 45.1. The minimum Gasteiger partial charge on any atom is -0.438 e. The number of ether oxygens (including phenoxy) is 2. The van der Waals surface area contributed by atoms with E-state index in [1.54, 1.807) is 18.2 Å². The van der Waals surface area contributed by atoms with Gasteiger partial charge in [0.25, 0.3) is 5.91 Å². The maximum absolute atomic E-state index is 14.0. The Labute approximate surface area is 295 Å². The number of hydrogen-bond donors (Lipinski definition) is 3. The minimum absolute atomic E-state index is 0.0383. The number of carbonyl (C=O) groups is 3. The fourth-order valence-electron chi connectivity index (χ4n) is 8.51. The van der Waals surface area contributed by atoms with Crippen LogP contribution in [0, 0.1) is 0 Å². The highest BCUT2D eigenvalue weighted by atomic mass is 19.4. The number of rotatable bonds is 5. The molecule has 4 fully saturated rings. The monoisotopic (exact) mass is 738 g/mol. The molecule has 2 bridgehead atoms. The van der Waals surface area contributed by atoms with Crippen LogP contribution in [0.1, 0.15) is 60.8 Å². The zero-order valence-corrected chi connectivity index (χ0v) is 28.2. The van der Waals surface area contributed by atoms with Crippen LogP contribution in [0.4, 0.5) is 47.3 Å². The predicted molar refractivity (Wildman–Crippen MR) is 175 cm³/mol. The Morgan fingerprint density at radius 1 is 0.904 bits per heavy atom. The van der Waals surface area contributed by atoms with Crippen LogP contribution >= 0.6 is 0 Å². The van der Waals surface area contributed by atoms with Crippen molar-refractivity contribution in [2.24, 2.45) is 0 Å². The molecule has 3 amide bonds. The number of nitrogens with two attached hydrogens (primary N) is 1. The molecule has 4 N–H and O–H groups in total. The molecule has 0 saturated carbocycles. The first kappa shape index (κ1) is 36.1. The molecule has 5 heterocycles. The number of benzene rings is 2. The molecule has 2 aromatic rings. The van der Waals surface area contributed by atoms with Crippen molar-refractivity contribution in [2.45, 2.75) is 87.1 Å². The first-order valence-corrected chi connectivity index (χ1v) is 17.5. The third-order valence-corrected chi connectivity index (χ3v) is 11.2. The van der Waals surface area contributed by atoms with Gasteiger partial charge in [0.05, 0.1) is 22.5 Å². The number of piperidine rings is 2. The second kappa shape index (κ2) is 13.6. The van der Waals surface area contributed by atoms with E-state index in [0.717, 1.165) is 31.2 Å². The summed E-state index contributed by atoms with van der Waals surface area (Å²) < 4.78 is 94.7. The lowest BCUT2D eigenvalue weighted by Crippen LogP contribution is -2.57. The highest BCUT2D eigenvalue weighted by Gasteiger charge is 2.47. The number of para-hydroxylation sites is 1. The number of carbonyl (C=O) groups excluding carboxylic acids is 3. The van der Waals surface area contributed by atoms with Crippen LogP contribution in [0.5, 0.6) is 0 Å². The number of nitrogen functional groups attached to an aromatic ring is 1. The first-order valence-electron chi connectivity index (χ1n) is 17.5. The third-order valence-electron chi connectivity index (χ3n) is 11.2. The Hall–Kier alpha value is -4.25. The smallest absolute Gasteiger partial charge is 0.418 e. The molecule has 2 unspecified atom stereocenters. The third kappa shape index (κ3) is 7.21. The molecular formula is C35H40F6N6O5. The van der Waals surface area contributed by atoms with E-state index < -0.39 is 70.9 Å². The summed E-state index contributed by atoms with van der Waals surface area (Å²) in [6.45, 7) is 1.63. The molecule has 5 aliphatic rings. The van der Waals surface area contributed by atoms with E-state index in [1.165, 1.54) is 9.80 Å². The van der Waals surface area contributed by atoms with Gasteiger partial charge < -0.3 is 30.3 Å². The van der Waals surface area contributed by atoms with Crippen molar-refractivity contribution < 1.29 is 50.2 Å². The van der Waals surface area contributed by atoms with E-state index in [-0.39, 0.29) is 39.0 Å².